The van der Waals surface area contributed by atoms with Crippen LogP contribution in [0.2, 0.25) is 0 Å². The molecular weight excluding hydrogens is 358 g/mol. The normalized spacial score (nSPS) is 15.3. The van der Waals surface area contributed by atoms with Gasteiger partial charge < -0.3 is 30.8 Å². The van der Waals surface area contributed by atoms with E-state index < -0.39 is 18.0 Å². The number of alkyl halides is 2. The van der Waals surface area contributed by atoms with Crippen molar-refractivity contribution in [3.8, 4) is 11.5 Å². The zero-order valence-corrected chi connectivity index (χ0v) is 14.9. The molecule has 144 valence electrons. The Balaban J connectivity index is 2.15. The fraction of sp³-hybridized carbons (Fsp3) is 0.222. The van der Waals surface area contributed by atoms with Crippen molar-refractivity contribution in [2.75, 3.05) is 14.2 Å². The van der Waals surface area contributed by atoms with Crippen LogP contribution in [0, 0.1) is 5.41 Å². The second-order valence-corrected chi connectivity index (χ2v) is 5.48. The van der Waals surface area contributed by atoms with Crippen LogP contribution in [-0.2, 0) is 11.3 Å². The van der Waals surface area contributed by atoms with Gasteiger partial charge in [-0.3, -0.25) is 4.79 Å². The molecule has 7 nitrogen and oxygen atoms in total. The Bertz CT molecular complexity index is 819. The van der Waals surface area contributed by atoms with Gasteiger partial charge in [-0.25, -0.2) is 8.78 Å². The topological polar surface area (TPSA) is 95.5 Å². The van der Waals surface area contributed by atoms with Gasteiger partial charge in [0.05, 0.1) is 25.5 Å². The Kier molecular flexibility index (Phi) is 6.53. The minimum absolute atomic E-state index is 0.0300. The summed E-state index contributed by atoms with van der Waals surface area (Å²) in [6.07, 6.45) is -0.848. The predicted octanol–water partition coefficient (Wildman–Crippen LogP) is 2.04. The molecule has 0 saturated heterocycles. The smallest absolute Gasteiger partial charge is 0.278 e. The molecule has 1 aliphatic rings. The fourth-order valence-corrected chi connectivity index (χ4v) is 2.37. The monoisotopic (exact) mass is 378 g/mol. The van der Waals surface area contributed by atoms with Gasteiger partial charge in [-0.1, -0.05) is 12.6 Å². The minimum atomic E-state index is -2.76. The zero-order chi connectivity index (χ0) is 20.0. The minimum Gasteiger partial charge on any atom is -0.493 e. The van der Waals surface area contributed by atoms with Crippen LogP contribution < -0.4 is 25.4 Å². The summed E-state index contributed by atoms with van der Waals surface area (Å²) in [6, 6.07) is 5.15. The molecule has 1 heterocycles. The average Bonchev–Trinajstić information content (AvgIpc) is 2.66. The quantitative estimate of drug-likeness (QED) is 0.430. The number of benzene rings is 1. The number of carbonyl (C=O) groups is 1. The Labute approximate surface area is 155 Å². The number of carbonyl (C=O) groups excluding carboxylic acids is 1. The Morgan fingerprint density at radius 1 is 1.30 bits per heavy atom. The molecular formula is C18H20F2N4O3. The van der Waals surface area contributed by atoms with Crippen LogP contribution in [-0.4, -0.2) is 32.8 Å². The van der Waals surface area contributed by atoms with Gasteiger partial charge in [-0.05, 0) is 23.8 Å². The molecule has 0 unspecified atom stereocenters. The number of rotatable bonds is 7. The summed E-state index contributed by atoms with van der Waals surface area (Å²) in [4.78, 5) is 12.4. The summed E-state index contributed by atoms with van der Waals surface area (Å²) in [7, 11) is 3.02. The van der Waals surface area contributed by atoms with Crippen molar-refractivity contribution < 1.29 is 23.0 Å². The van der Waals surface area contributed by atoms with Crippen molar-refractivity contribution in [1.82, 2.24) is 16.0 Å². The van der Waals surface area contributed by atoms with E-state index in [1.54, 1.807) is 18.2 Å². The highest BCUT2D eigenvalue weighted by atomic mass is 19.3. The third-order valence-corrected chi connectivity index (χ3v) is 3.68. The Morgan fingerprint density at radius 3 is 2.59 bits per heavy atom. The summed E-state index contributed by atoms with van der Waals surface area (Å²) < 4.78 is 36.2. The van der Waals surface area contributed by atoms with Gasteiger partial charge in [0.1, 0.15) is 5.82 Å². The lowest BCUT2D eigenvalue weighted by Crippen LogP contribution is -2.37. The van der Waals surface area contributed by atoms with E-state index in [1.807, 2.05) is 0 Å². The average molecular weight is 378 g/mol. The molecule has 2 rings (SSSR count). The maximum Gasteiger partial charge on any atom is 0.278 e. The van der Waals surface area contributed by atoms with Gasteiger partial charge >= 0.3 is 0 Å². The first-order valence-electron chi connectivity index (χ1n) is 7.86. The van der Waals surface area contributed by atoms with Gasteiger partial charge in [-0.15, -0.1) is 0 Å². The highest BCUT2D eigenvalue weighted by Crippen LogP contribution is 2.27. The van der Waals surface area contributed by atoms with E-state index in [0.29, 0.717) is 11.5 Å². The number of methoxy groups -OCH3 is 2. The van der Waals surface area contributed by atoms with Crippen molar-refractivity contribution in [1.29, 1.82) is 5.41 Å². The summed E-state index contributed by atoms with van der Waals surface area (Å²) in [5, 5.41) is 15.2. The van der Waals surface area contributed by atoms with Crippen LogP contribution in [0.4, 0.5) is 8.78 Å². The van der Waals surface area contributed by atoms with Crippen LogP contribution in [0.3, 0.4) is 0 Å². The first-order chi connectivity index (χ1) is 12.9. The van der Waals surface area contributed by atoms with E-state index in [0.717, 1.165) is 17.9 Å². The van der Waals surface area contributed by atoms with Crippen molar-refractivity contribution in [2.24, 2.45) is 0 Å². The molecule has 0 fully saturated rings. The first-order valence-corrected chi connectivity index (χ1v) is 7.86. The van der Waals surface area contributed by atoms with E-state index >= 15 is 0 Å². The standard InChI is InChI=1S/C18H20F2N4O3/c1-10-6-13(16(19)20)24-17(23-10)12(8-21)18(25)22-9-11-4-5-14(26-2)15(7-11)27-3/h4-8,16,21,23-24H,1,9H2,2-3H3,(H,22,25)/b17-12+,21-8?. The molecule has 1 aliphatic heterocycles. The van der Waals surface area contributed by atoms with Gasteiger partial charge in [0.2, 0.25) is 0 Å². The van der Waals surface area contributed by atoms with Gasteiger partial charge in [0, 0.05) is 18.5 Å². The maximum absolute atomic E-state index is 12.9. The van der Waals surface area contributed by atoms with Crippen LogP contribution in [0.1, 0.15) is 5.56 Å². The van der Waals surface area contributed by atoms with E-state index in [1.165, 1.54) is 14.2 Å². The van der Waals surface area contributed by atoms with E-state index in [2.05, 4.69) is 22.5 Å². The number of halogens is 2. The summed E-state index contributed by atoms with van der Waals surface area (Å²) >= 11 is 0. The molecule has 9 heteroatoms. The number of allylic oxidation sites excluding steroid dienone is 2. The van der Waals surface area contributed by atoms with Crippen molar-refractivity contribution >= 4 is 12.1 Å². The highest BCUT2D eigenvalue weighted by molar-refractivity contribution is 6.12. The molecule has 0 spiro atoms. The largest absolute Gasteiger partial charge is 0.493 e. The molecule has 0 atom stereocenters. The molecule has 0 aromatic heterocycles. The summed E-state index contributed by atoms with van der Waals surface area (Å²) in [5.41, 5.74) is 0.382. The van der Waals surface area contributed by atoms with Crippen molar-refractivity contribution in [3.63, 3.8) is 0 Å². The molecule has 0 radical (unpaired) electrons. The van der Waals surface area contributed by atoms with E-state index in [-0.39, 0.29) is 23.6 Å². The van der Waals surface area contributed by atoms with E-state index in [9.17, 15) is 13.6 Å². The number of amides is 1. The maximum atomic E-state index is 12.9. The van der Waals surface area contributed by atoms with E-state index in [4.69, 9.17) is 14.9 Å². The lowest BCUT2D eigenvalue weighted by atomic mass is 10.1. The SMILES string of the molecule is C=C1C=C(C(F)F)N/C(=C(\C=N)C(=O)NCc2ccc(OC)c(OC)c2)N1. The second kappa shape index (κ2) is 8.84. The third kappa shape index (κ3) is 4.84. The van der Waals surface area contributed by atoms with Gasteiger partial charge in [-0.2, -0.15) is 0 Å². The molecule has 27 heavy (non-hydrogen) atoms. The van der Waals surface area contributed by atoms with Crippen LogP contribution >= 0.6 is 0 Å². The number of nitrogens with one attached hydrogen (secondary N) is 4. The molecule has 1 aromatic carbocycles. The second-order valence-electron chi connectivity index (χ2n) is 5.48. The predicted molar refractivity (Wildman–Crippen MR) is 96.7 cm³/mol. The molecule has 0 saturated carbocycles. The van der Waals surface area contributed by atoms with Crippen LogP contribution in [0.25, 0.3) is 0 Å². The number of ether oxygens (including phenoxy) is 2. The molecule has 0 bridgehead atoms. The fourth-order valence-electron chi connectivity index (χ4n) is 2.37. The Morgan fingerprint density at radius 2 is 2.00 bits per heavy atom. The molecule has 1 aromatic rings. The lowest BCUT2D eigenvalue weighted by molar-refractivity contribution is -0.117. The summed E-state index contributed by atoms with van der Waals surface area (Å²) in [5.74, 6) is 0.416. The van der Waals surface area contributed by atoms with Gasteiger partial charge in [0.25, 0.3) is 12.3 Å². The third-order valence-electron chi connectivity index (χ3n) is 3.68. The van der Waals surface area contributed by atoms with Crippen molar-refractivity contribution in [3.05, 3.63) is 59.2 Å². The number of hydrogen-bond donors (Lipinski definition) is 4. The highest BCUT2D eigenvalue weighted by Gasteiger charge is 2.22. The first kappa shape index (κ1) is 20.0. The Hall–Kier alpha value is -3.36. The zero-order valence-electron chi connectivity index (χ0n) is 14.9. The molecule has 0 aliphatic carbocycles. The molecule has 4 N–H and O–H groups in total. The number of hydrogen-bond acceptors (Lipinski definition) is 6. The summed E-state index contributed by atoms with van der Waals surface area (Å²) in [6.45, 7) is 3.72. The van der Waals surface area contributed by atoms with Crippen molar-refractivity contribution in [2.45, 2.75) is 13.0 Å². The molecule has 1 amide bonds. The van der Waals surface area contributed by atoms with Crippen LogP contribution in [0.15, 0.2) is 53.6 Å². The van der Waals surface area contributed by atoms with Gasteiger partial charge in [0.15, 0.2) is 11.5 Å². The lowest BCUT2D eigenvalue weighted by Gasteiger charge is -2.23. The van der Waals surface area contributed by atoms with Crippen LogP contribution in [0.5, 0.6) is 11.5 Å².